The van der Waals surface area contributed by atoms with Crippen LogP contribution in [0, 0.1) is 5.92 Å². The summed E-state index contributed by atoms with van der Waals surface area (Å²) < 4.78 is 5.07. The number of halogens is 1. The lowest BCUT2D eigenvalue weighted by Crippen LogP contribution is -2.19. The summed E-state index contributed by atoms with van der Waals surface area (Å²) in [5, 5.41) is 6.27. The Kier molecular flexibility index (Phi) is 5.95. The van der Waals surface area contributed by atoms with Crippen molar-refractivity contribution in [2.24, 2.45) is 5.92 Å². The van der Waals surface area contributed by atoms with Crippen LogP contribution < -0.4 is 10.6 Å². The Morgan fingerprint density at radius 2 is 2.22 bits per heavy atom. The summed E-state index contributed by atoms with van der Waals surface area (Å²) in [7, 11) is 3.27. The highest BCUT2D eigenvalue weighted by atomic mass is 35.5. The van der Waals surface area contributed by atoms with Crippen molar-refractivity contribution in [1.29, 1.82) is 0 Å². The highest BCUT2D eigenvalue weighted by Gasteiger charge is 2.09. The number of hydrogen-bond acceptors (Lipinski definition) is 3. The first-order valence-corrected chi connectivity index (χ1v) is 6.20. The molecule has 0 aliphatic heterocycles. The lowest BCUT2D eigenvalue weighted by atomic mass is 10.1. The molecule has 4 nitrogen and oxygen atoms in total. The van der Waals surface area contributed by atoms with Crippen LogP contribution in [0.2, 0.25) is 5.02 Å². The van der Waals surface area contributed by atoms with E-state index in [9.17, 15) is 4.79 Å². The van der Waals surface area contributed by atoms with E-state index in [1.807, 2.05) is 6.07 Å². The van der Waals surface area contributed by atoms with Crippen LogP contribution in [0.4, 0.5) is 5.69 Å². The highest BCUT2D eigenvalue weighted by Crippen LogP contribution is 2.20. The fourth-order valence-electron chi connectivity index (χ4n) is 1.58. The summed E-state index contributed by atoms with van der Waals surface area (Å²) in [6.07, 6.45) is 0. The zero-order valence-corrected chi connectivity index (χ0v) is 11.7. The number of amides is 1. The van der Waals surface area contributed by atoms with Crippen molar-refractivity contribution in [2.45, 2.75) is 6.92 Å². The van der Waals surface area contributed by atoms with Crippen LogP contribution in [0.1, 0.15) is 17.3 Å². The molecule has 1 aromatic carbocycles. The molecule has 0 bridgehead atoms. The standard InChI is InChI=1S/C13H19ClN2O2/c1-9(8-18-3)7-16-10-4-5-12(14)11(6-10)13(17)15-2/h4-6,9,16H,7-8H2,1-3H3,(H,15,17). The minimum absolute atomic E-state index is 0.186. The fraction of sp³-hybridized carbons (Fsp3) is 0.462. The van der Waals surface area contributed by atoms with Gasteiger partial charge in [-0.3, -0.25) is 4.79 Å². The van der Waals surface area contributed by atoms with Crippen molar-refractivity contribution in [2.75, 3.05) is 32.6 Å². The van der Waals surface area contributed by atoms with Gasteiger partial charge in [0.1, 0.15) is 0 Å². The second-order valence-electron chi connectivity index (χ2n) is 4.22. The van der Waals surface area contributed by atoms with Crippen LogP contribution in [0.25, 0.3) is 0 Å². The summed E-state index contributed by atoms with van der Waals surface area (Å²) in [6.45, 7) is 3.57. The van der Waals surface area contributed by atoms with E-state index in [1.165, 1.54) is 0 Å². The molecule has 1 aromatic rings. The molecule has 2 N–H and O–H groups in total. The van der Waals surface area contributed by atoms with Gasteiger partial charge in [-0.25, -0.2) is 0 Å². The zero-order valence-electron chi connectivity index (χ0n) is 10.9. The van der Waals surface area contributed by atoms with Gasteiger partial charge in [-0.05, 0) is 24.1 Å². The molecule has 1 unspecified atom stereocenters. The summed E-state index contributed by atoms with van der Waals surface area (Å²) in [5.74, 6) is 0.211. The maximum atomic E-state index is 11.6. The van der Waals surface area contributed by atoms with Gasteiger partial charge in [-0.15, -0.1) is 0 Å². The first-order valence-electron chi connectivity index (χ1n) is 5.83. The van der Waals surface area contributed by atoms with E-state index >= 15 is 0 Å². The zero-order chi connectivity index (χ0) is 13.5. The van der Waals surface area contributed by atoms with Gasteiger partial charge >= 0.3 is 0 Å². The quantitative estimate of drug-likeness (QED) is 0.835. The SMILES string of the molecule is CNC(=O)c1cc(NCC(C)COC)ccc1Cl. The Hall–Kier alpha value is -1.26. The molecule has 0 spiro atoms. The maximum Gasteiger partial charge on any atom is 0.252 e. The second kappa shape index (κ2) is 7.24. The van der Waals surface area contributed by atoms with Crippen molar-refractivity contribution < 1.29 is 9.53 Å². The third kappa shape index (κ3) is 4.20. The van der Waals surface area contributed by atoms with Gasteiger partial charge in [0, 0.05) is 26.4 Å². The smallest absolute Gasteiger partial charge is 0.252 e. The number of rotatable bonds is 6. The average molecular weight is 271 g/mol. The summed E-state index contributed by atoms with van der Waals surface area (Å²) in [6, 6.07) is 5.32. The predicted octanol–water partition coefficient (Wildman–Crippen LogP) is 2.39. The average Bonchev–Trinajstić information content (AvgIpc) is 2.37. The van der Waals surface area contributed by atoms with Crippen LogP contribution in [-0.2, 0) is 4.74 Å². The number of carbonyl (C=O) groups excluding carboxylic acids is 1. The van der Waals surface area contributed by atoms with Crippen molar-refractivity contribution in [3.8, 4) is 0 Å². The van der Waals surface area contributed by atoms with E-state index in [4.69, 9.17) is 16.3 Å². The molecular formula is C13H19ClN2O2. The summed E-state index contributed by atoms with van der Waals surface area (Å²) in [5.41, 5.74) is 1.35. The minimum atomic E-state index is -0.186. The molecule has 5 heteroatoms. The molecule has 1 atom stereocenters. The van der Waals surface area contributed by atoms with Gasteiger partial charge in [0.05, 0.1) is 17.2 Å². The number of benzene rings is 1. The van der Waals surface area contributed by atoms with Gasteiger partial charge in [-0.2, -0.15) is 0 Å². The van der Waals surface area contributed by atoms with E-state index in [0.29, 0.717) is 23.1 Å². The number of nitrogens with one attached hydrogen (secondary N) is 2. The van der Waals surface area contributed by atoms with Crippen molar-refractivity contribution in [1.82, 2.24) is 5.32 Å². The fourth-order valence-corrected chi connectivity index (χ4v) is 1.78. The van der Waals surface area contributed by atoms with E-state index < -0.39 is 0 Å². The van der Waals surface area contributed by atoms with Crippen molar-refractivity contribution in [3.63, 3.8) is 0 Å². The van der Waals surface area contributed by atoms with E-state index in [1.54, 1.807) is 26.3 Å². The van der Waals surface area contributed by atoms with E-state index in [0.717, 1.165) is 12.2 Å². The third-order valence-electron chi connectivity index (χ3n) is 2.54. The second-order valence-corrected chi connectivity index (χ2v) is 4.62. The highest BCUT2D eigenvalue weighted by molar-refractivity contribution is 6.34. The molecule has 0 saturated carbocycles. The molecule has 0 fully saturated rings. The number of methoxy groups -OCH3 is 1. The number of hydrogen-bond donors (Lipinski definition) is 2. The first kappa shape index (κ1) is 14.8. The molecule has 0 saturated heterocycles. The summed E-state index contributed by atoms with van der Waals surface area (Å²) in [4.78, 5) is 11.6. The number of carbonyl (C=O) groups is 1. The number of anilines is 1. The summed E-state index contributed by atoms with van der Waals surface area (Å²) >= 11 is 5.97. The minimum Gasteiger partial charge on any atom is -0.385 e. The van der Waals surface area contributed by atoms with Crippen LogP contribution >= 0.6 is 11.6 Å². The van der Waals surface area contributed by atoms with Gasteiger partial charge in [0.2, 0.25) is 0 Å². The molecule has 0 aliphatic carbocycles. The Bertz CT molecular complexity index is 410. The molecule has 18 heavy (non-hydrogen) atoms. The molecule has 0 aliphatic rings. The molecule has 0 heterocycles. The van der Waals surface area contributed by atoms with Gasteiger partial charge in [0.15, 0.2) is 0 Å². The van der Waals surface area contributed by atoms with Crippen LogP contribution in [0.5, 0.6) is 0 Å². The molecular weight excluding hydrogens is 252 g/mol. The Morgan fingerprint density at radius 3 is 2.83 bits per heavy atom. The van der Waals surface area contributed by atoms with E-state index in [2.05, 4.69) is 17.6 Å². The number of ether oxygens (including phenoxy) is 1. The third-order valence-corrected chi connectivity index (χ3v) is 2.87. The topological polar surface area (TPSA) is 50.4 Å². The first-order chi connectivity index (χ1) is 8.58. The lowest BCUT2D eigenvalue weighted by molar-refractivity contribution is 0.0963. The van der Waals surface area contributed by atoms with Gasteiger partial charge in [0.25, 0.3) is 5.91 Å². The van der Waals surface area contributed by atoms with Crippen LogP contribution in [-0.4, -0.2) is 33.2 Å². The molecule has 1 rings (SSSR count). The van der Waals surface area contributed by atoms with Gasteiger partial charge in [-0.1, -0.05) is 18.5 Å². The lowest BCUT2D eigenvalue weighted by Gasteiger charge is -2.13. The van der Waals surface area contributed by atoms with Gasteiger partial charge < -0.3 is 15.4 Å². The van der Waals surface area contributed by atoms with Crippen LogP contribution in [0.15, 0.2) is 18.2 Å². The van der Waals surface area contributed by atoms with Crippen molar-refractivity contribution in [3.05, 3.63) is 28.8 Å². The Morgan fingerprint density at radius 1 is 1.50 bits per heavy atom. The normalized spacial score (nSPS) is 12.0. The molecule has 0 radical (unpaired) electrons. The Labute approximate surface area is 113 Å². The van der Waals surface area contributed by atoms with E-state index in [-0.39, 0.29) is 5.91 Å². The monoisotopic (exact) mass is 270 g/mol. The predicted molar refractivity (Wildman–Crippen MR) is 74.4 cm³/mol. The molecule has 100 valence electrons. The largest absolute Gasteiger partial charge is 0.385 e. The molecule has 0 aromatic heterocycles. The maximum absolute atomic E-state index is 11.6. The van der Waals surface area contributed by atoms with Crippen molar-refractivity contribution >= 4 is 23.2 Å². The van der Waals surface area contributed by atoms with Crippen LogP contribution in [0.3, 0.4) is 0 Å². The Balaban J connectivity index is 2.70. The molecule has 1 amide bonds.